The van der Waals surface area contributed by atoms with Crippen molar-refractivity contribution < 1.29 is 13.2 Å². The van der Waals surface area contributed by atoms with E-state index in [-0.39, 0.29) is 11.6 Å². The predicted octanol–water partition coefficient (Wildman–Crippen LogP) is 0.847. The quantitative estimate of drug-likeness (QED) is 0.768. The van der Waals surface area contributed by atoms with Gasteiger partial charge in [-0.2, -0.15) is 27.8 Å². The highest BCUT2D eigenvalue weighted by Crippen LogP contribution is 2.29. The van der Waals surface area contributed by atoms with Crippen LogP contribution in [-0.2, 0) is 12.7 Å². The van der Waals surface area contributed by atoms with Crippen molar-refractivity contribution in [2.24, 2.45) is 0 Å². The summed E-state index contributed by atoms with van der Waals surface area (Å²) in [4.78, 5) is 7.11. The molecule has 0 atom stereocenters. The maximum absolute atomic E-state index is 12.8. The maximum atomic E-state index is 12.8. The first-order chi connectivity index (χ1) is 10.0. The first kappa shape index (κ1) is 13.3. The number of rotatable bonds is 4. The summed E-state index contributed by atoms with van der Waals surface area (Å²) in [5.74, 6) is 0.0398. The molecule has 0 bridgehead atoms. The van der Waals surface area contributed by atoms with Crippen LogP contribution in [0, 0.1) is 0 Å². The van der Waals surface area contributed by atoms with E-state index < -0.39 is 11.9 Å². The van der Waals surface area contributed by atoms with Crippen LogP contribution in [0.4, 0.5) is 19.0 Å². The number of nitrogens with one attached hydrogen (secondary N) is 1. The fourth-order valence-corrected chi connectivity index (χ4v) is 1.73. The second kappa shape index (κ2) is 5.00. The zero-order chi connectivity index (χ0) is 14.9. The number of halogens is 3. The summed E-state index contributed by atoms with van der Waals surface area (Å²) < 4.78 is 41.1. The van der Waals surface area contributed by atoms with E-state index in [1.807, 2.05) is 0 Å². The van der Waals surface area contributed by atoms with Gasteiger partial charge in [0.25, 0.3) is 5.78 Å². The molecule has 0 aromatic carbocycles. The number of fused-ring (bicyclic) bond motifs is 1. The minimum absolute atomic E-state index is 0.118. The van der Waals surface area contributed by atoms with Crippen molar-refractivity contribution in [1.82, 2.24) is 34.6 Å². The van der Waals surface area contributed by atoms with Crippen LogP contribution >= 0.6 is 0 Å². The minimum Gasteiger partial charge on any atom is -0.368 e. The summed E-state index contributed by atoms with van der Waals surface area (Å²) in [5.41, 5.74) is -1.02. The molecule has 0 amide bonds. The van der Waals surface area contributed by atoms with Gasteiger partial charge in [-0.1, -0.05) is 5.21 Å². The third-order valence-electron chi connectivity index (χ3n) is 2.66. The monoisotopic (exact) mass is 298 g/mol. The number of anilines is 1. The molecule has 0 aliphatic heterocycles. The lowest BCUT2D eigenvalue weighted by molar-refractivity contribution is -0.141. The molecule has 0 fully saturated rings. The molecule has 0 saturated carbocycles. The molecule has 0 spiro atoms. The molecule has 3 rings (SSSR count). The molecule has 3 aromatic heterocycles. The Morgan fingerprint density at radius 2 is 2.14 bits per heavy atom. The Bertz CT molecular complexity index is 732. The van der Waals surface area contributed by atoms with E-state index in [4.69, 9.17) is 0 Å². The smallest absolute Gasteiger partial charge is 0.368 e. The van der Waals surface area contributed by atoms with Gasteiger partial charge in [0.15, 0.2) is 5.69 Å². The van der Waals surface area contributed by atoms with Gasteiger partial charge in [0.05, 0.1) is 12.7 Å². The lowest BCUT2D eigenvalue weighted by Crippen LogP contribution is -2.16. The van der Waals surface area contributed by atoms with Crippen molar-refractivity contribution in [3.05, 3.63) is 30.5 Å². The van der Waals surface area contributed by atoms with Crippen LogP contribution in [0.3, 0.4) is 0 Å². The summed E-state index contributed by atoms with van der Waals surface area (Å²) >= 11 is 0. The standard InChI is InChI=1S/C10H9F3N8/c11-10(12,13)7-5-8(21-9(18-7)15-6-17-21)14-1-3-20-4-2-16-19-20/h2,4-6,14H,1,3H2. The number of nitrogens with zero attached hydrogens (tertiary/aromatic N) is 7. The first-order valence-corrected chi connectivity index (χ1v) is 5.90. The Morgan fingerprint density at radius 3 is 2.86 bits per heavy atom. The molecule has 0 aliphatic carbocycles. The summed E-state index contributed by atoms with van der Waals surface area (Å²) in [5, 5.41) is 14.1. The van der Waals surface area contributed by atoms with E-state index in [9.17, 15) is 13.2 Å². The van der Waals surface area contributed by atoms with Gasteiger partial charge in [-0.25, -0.2) is 4.98 Å². The Labute approximate surface area is 115 Å². The predicted molar refractivity (Wildman–Crippen MR) is 64.3 cm³/mol. The molecule has 3 aromatic rings. The second-order valence-corrected chi connectivity index (χ2v) is 4.09. The summed E-state index contributed by atoms with van der Waals surface area (Å²) in [6.07, 6.45) is -0.231. The Hall–Kier alpha value is -2.72. The fraction of sp³-hybridized carbons (Fsp3) is 0.300. The van der Waals surface area contributed by atoms with E-state index in [2.05, 4.69) is 30.7 Å². The number of hydrogen-bond donors (Lipinski definition) is 1. The average molecular weight is 298 g/mol. The molecule has 0 radical (unpaired) electrons. The van der Waals surface area contributed by atoms with Crippen LogP contribution in [-0.4, -0.2) is 41.1 Å². The number of aromatic nitrogens is 7. The highest BCUT2D eigenvalue weighted by molar-refractivity contribution is 5.45. The van der Waals surface area contributed by atoms with Crippen molar-refractivity contribution in [3.63, 3.8) is 0 Å². The van der Waals surface area contributed by atoms with Crippen molar-refractivity contribution >= 4 is 11.6 Å². The van der Waals surface area contributed by atoms with Gasteiger partial charge in [0, 0.05) is 18.8 Å². The van der Waals surface area contributed by atoms with Gasteiger partial charge in [0.1, 0.15) is 12.1 Å². The van der Waals surface area contributed by atoms with Gasteiger partial charge >= 0.3 is 6.18 Å². The van der Waals surface area contributed by atoms with E-state index in [0.717, 1.165) is 12.4 Å². The van der Waals surface area contributed by atoms with E-state index in [1.165, 1.54) is 10.7 Å². The van der Waals surface area contributed by atoms with Crippen molar-refractivity contribution in [3.8, 4) is 0 Å². The van der Waals surface area contributed by atoms with Crippen molar-refractivity contribution in [2.75, 3.05) is 11.9 Å². The molecule has 21 heavy (non-hydrogen) atoms. The van der Waals surface area contributed by atoms with Crippen molar-refractivity contribution in [2.45, 2.75) is 12.7 Å². The normalized spacial score (nSPS) is 12.0. The first-order valence-electron chi connectivity index (χ1n) is 5.90. The maximum Gasteiger partial charge on any atom is 0.433 e. The molecule has 8 nitrogen and oxygen atoms in total. The van der Waals surface area contributed by atoms with Gasteiger partial charge in [0.2, 0.25) is 0 Å². The zero-order valence-electron chi connectivity index (χ0n) is 10.5. The van der Waals surface area contributed by atoms with Crippen LogP contribution in [0.2, 0.25) is 0 Å². The van der Waals surface area contributed by atoms with E-state index in [0.29, 0.717) is 13.1 Å². The van der Waals surface area contributed by atoms with Crippen LogP contribution < -0.4 is 5.32 Å². The minimum atomic E-state index is -4.55. The topological polar surface area (TPSA) is 85.8 Å². The van der Waals surface area contributed by atoms with Crippen molar-refractivity contribution in [1.29, 1.82) is 0 Å². The zero-order valence-corrected chi connectivity index (χ0v) is 10.5. The van der Waals surface area contributed by atoms with Gasteiger partial charge < -0.3 is 5.32 Å². The third-order valence-corrected chi connectivity index (χ3v) is 2.66. The van der Waals surface area contributed by atoms with Crippen LogP contribution in [0.15, 0.2) is 24.8 Å². The van der Waals surface area contributed by atoms with Gasteiger partial charge in [-0.15, -0.1) is 5.10 Å². The number of alkyl halides is 3. The summed E-state index contributed by atoms with van der Waals surface area (Å²) in [6.45, 7) is 0.791. The number of hydrogen-bond acceptors (Lipinski definition) is 6. The summed E-state index contributed by atoms with van der Waals surface area (Å²) in [6, 6.07) is 0.892. The molecule has 0 saturated heterocycles. The van der Waals surface area contributed by atoms with Crippen LogP contribution in [0.25, 0.3) is 5.78 Å². The molecule has 3 heterocycles. The molecule has 0 unspecified atom stereocenters. The second-order valence-electron chi connectivity index (χ2n) is 4.09. The average Bonchev–Trinajstić information content (AvgIpc) is 3.07. The molecular formula is C10H9F3N8. The highest BCUT2D eigenvalue weighted by atomic mass is 19.4. The molecule has 1 N–H and O–H groups in total. The molecule has 11 heteroatoms. The third kappa shape index (κ3) is 2.75. The Morgan fingerprint density at radius 1 is 1.29 bits per heavy atom. The molecule has 110 valence electrons. The Kier molecular flexibility index (Phi) is 3.16. The lowest BCUT2D eigenvalue weighted by Gasteiger charge is -2.11. The largest absolute Gasteiger partial charge is 0.433 e. The van der Waals surface area contributed by atoms with E-state index >= 15 is 0 Å². The molecule has 0 aliphatic rings. The van der Waals surface area contributed by atoms with Crippen LogP contribution in [0.5, 0.6) is 0 Å². The SMILES string of the molecule is FC(F)(F)c1cc(NCCn2ccnn2)n2ncnc2n1. The van der Waals surface area contributed by atoms with Gasteiger partial charge in [-0.3, -0.25) is 4.68 Å². The summed E-state index contributed by atoms with van der Waals surface area (Å²) in [7, 11) is 0. The highest BCUT2D eigenvalue weighted by Gasteiger charge is 2.34. The molecular weight excluding hydrogens is 289 g/mol. The lowest BCUT2D eigenvalue weighted by atomic mass is 10.3. The van der Waals surface area contributed by atoms with Gasteiger partial charge in [-0.05, 0) is 0 Å². The van der Waals surface area contributed by atoms with Crippen LogP contribution in [0.1, 0.15) is 5.69 Å². The fourth-order valence-electron chi connectivity index (χ4n) is 1.73. The Balaban J connectivity index is 1.84. The van der Waals surface area contributed by atoms with E-state index in [1.54, 1.807) is 10.9 Å².